The third kappa shape index (κ3) is 4.68. The molecule has 0 fully saturated rings. The SMILES string of the molecule is CCCCC(Nc1ccc(OC)cc1)c1ccc(Cl)cc1. The first kappa shape index (κ1) is 15.7. The molecule has 0 spiro atoms. The Morgan fingerprint density at radius 1 is 1.05 bits per heavy atom. The van der Waals surface area contributed by atoms with Gasteiger partial charge in [-0.2, -0.15) is 0 Å². The molecule has 2 rings (SSSR count). The van der Waals surface area contributed by atoms with Gasteiger partial charge < -0.3 is 10.1 Å². The van der Waals surface area contributed by atoms with Gasteiger partial charge in [0.1, 0.15) is 5.75 Å². The second-order valence-corrected chi connectivity index (χ2v) is 5.56. The van der Waals surface area contributed by atoms with E-state index in [0.29, 0.717) is 6.04 Å². The van der Waals surface area contributed by atoms with E-state index in [9.17, 15) is 0 Å². The van der Waals surface area contributed by atoms with Crippen LogP contribution in [0.5, 0.6) is 5.75 Å². The Kier molecular flexibility index (Phi) is 5.94. The minimum Gasteiger partial charge on any atom is -0.497 e. The van der Waals surface area contributed by atoms with Crippen LogP contribution in [0.1, 0.15) is 37.8 Å². The Bertz CT molecular complexity index is 536. The van der Waals surface area contributed by atoms with Crippen LogP contribution in [0.15, 0.2) is 48.5 Å². The molecule has 0 aliphatic heterocycles. The van der Waals surface area contributed by atoms with Crippen molar-refractivity contribution in [1.29, 1.82) is 0 Å². The molecule has 21 heavy (non-hydrogen) atoms. The number of rotatable bonds is 7. The molecule has 0 radical (unpaired) electrons. The standard InChI is InChI=1S/C18H22ClNO/c1-3-4-5-18(14-6-8-15(19)9-7-14)20-16-10-12-17(21-2)13-11-16/h6-13,18,20H,3-5H2,1-2H3. The van der Waals surface area contributed by atoms with Gasteiger partial charge >= 0.3 is 0 Å². The molecule has 2 nitrogen and oxygen atoms in total. The quantitative estimate of drug-likeness (QED) is 0.709. The molecule has 1 N–H and O–H groups in total. The number of hydrogen-bond donors (Lipinski definition) is 1. The molecule has 0 saturated heterocycles. The van der Waals surface area contributed by atoms with Crippen LogP contribution in [0.4, 0.5) is 5.69 Å². The van der Waals surface area contributed by atoms with Crippen molar-refractivity contribution in [3.63, 3.8) is 0 Å². The van der Waals surface area contributed by atoms with Gasteiger partial charge in [0.15, 0.2) is 0 Å². The fourth-order valence-corrected chi connectivity index (χ4v) is 2.44. The Labute approximate surface area is 132 Å². The maximum absolute atomic E-state index is 5.98. The average Bonchev–Trinajstić information content (AvgIpc) is 2.53. The smallest absolute Gasteiger partial charge is 0.119 e. The summed E-state index contributed by atoms with van der Waals surface area (Å²) in [5, 5.41) is 4.38. The predicted molar refractivity (Wildman–Crippen MR) is 90.3 cm³/mol. The van der Waals surface area contributed by atoms with Crippen LogP contribution in [-0.4, -0.2) is 7.11 Å². The summed E-state index contributed by atoms with van der Waals surface area (Å²) in [6.07, 6.45) is 3.48. The van der Waals surface area contributed by atoms with Crippen molar-refractivity contribution >= 4 is 17.3 Å². The molecule has 0 saturated carbocycles. The Morgan fingerprint density at radius 3 is 2.29 bits per heavy atom. The number of methoxy groups -OCH3 is 1. The summed E-state index contributed by atoms with van der Waals surface area (Å²) in [5.41, 5.74) is 2.37. The van der Waals surface area contributed by atoms with Gasteiger partial charge in [-0.15, -0.1) is 0 Å². The van der Waals surface area contributed by atoms with E-state index in [-0.39, 0.29) is 0 Å². The molecule has 0 heterocycles. The number of nitrogens with one attached hydrogen (secondary N) is 1. The van der Waals surface area contributed by atoms with Crippen molar-refractivity contribution in [1.82, 2.24) is 0 Å². The highest BCUT2D eigenvalue weighted by atomic mass is 35.5. The van der Waals surface area contributed by atoms with Crippen LogP contribution >= 0.6 is 11.6 Å². The van der Waals surface area contributed by atoms with Crippen molar-refractivity contribution in [2.45, 2.75) is 32.2 Å². The van der Waals surface area contributed by atoms with Crippen molar-refractivity contribution in [3.8, 4) is 5.75 Å². The second kappa shape index (κ2) is 7.94. The zero-order chi connectivity index (χ0) is 15.1. The first-order valence-electron chi connectivity index (χ1n) is 7.39. The first-order valence-corrected chi connectivity index (χ1v) is 7.76. The number of anilines is 1. The molecular weight excluding hydrogens is 282 g/mol. The summed E-state index contributed by atoms with van der Waals surface area (Å²) in [7, 11) is 1.68. The van der Waals surface area contributed by atoms with Gasteiger partial charge in [-0.1, -0.05) is 43.5 Å². The number of unbranched alkanes of at least 4 members (excludes halogenated alkanes) is 1. The minimum absolute atomic E-state index is 0.301. The van der Waals surface area contributed by atoms with E-state index in [1.165, 1.54) is 18.4 Å². The molecule has 0 aliphatic carbocycles. The van der Waals surface area contributed by atoms with Crippen LogP contribution in [0, 0.1) is 0 Å². The molecule has 0 aliphatic rings. The normalized spacial score (nSPS) is 12.0. The van der Waals surface area contributed by atoms with E-state index in [4.69, 9.17) is 16.3 Å². The predicted octanol–water partition coefficient (Wildman–Crippen LogP) is 5.69. The molecule has 1 atom stereocenters. The van der Waals surface area contributed by atoms with E-state index in [1.807, 2.05) is 36.4 Å². The Balaban J connectivity index is 2.13. The van der Waals surface area contributed by atoms with Crippen LogP contribution in [0.3, 0.4) is 0 Å². The Morgan fingerprint density at radius 2 is 1.71 bits per heavy atom. The van der Waals surface area contributed by atoms with Gasteiger partial charge in [0, 0.05) is 10.7 Å². The van der Waals surface area contributed by atoms with Crippen LogP contribution in [0.2, 0.25) is 5.02 Å². The maximum Gasteiger partial charge on any atom is 0.119 e. The van der Waals surface area contributed by atoms with Crippen LogP contribution < -0.4 is 10.1 Å². The molecular formula is C18H22ClNO. The van der Waals surface area contributed by atoms with Gasteiger partial charge in [-0.25, -0.2) is 0 Å². The monoisotopic (exact) mass is 303 g/mol. The third-order valence-corrected chi connectivity index (χ3v) is 3.80. The number of ether oxygens (including phenoxy) is 1. The fourth-order valence-electron chi connectivity index (χ4n) is 2.31. The first-order chi connectivity index (χ1) is 10.2. The zero-order valence-corrected chi connectivity index (χ0v) is 13.4. The van der Waals surface area contributed by atoms with Crippen molar-refractivity contribution in [3.05, 3.63) is 59.1 Å². The highest BCUT2D eigenvalue weighted by molar-refractivity contribution is 6.30. The summed E-state index contributed by atoms with van der Waals surface area (Å²) >= 11 is 5.98. The molecule has 3 heteroatoms. The minimum atomic E-state index is 0.301. The summed E-state index contributed by atoms with van der Waals surface area (Å²) in [5.74, 6) is 0.872. The summed E-state index contributed by atoms with van der Waals surface area (Å²) in [6, 6.07) is 16.4. The van der Waals surface area contributed by atoms with Crippen molar-refractivity contribution < 1.29 is 4.74 Å². The van der Waals surface area contributed by atoms with Crippen molar-refractivity contribution in [2.24, 2.45) is 0 Å². The van der Waals surface area contributed by atoms with E-state index < -0.39 is 0 Å². The lowest BCUT2D eigenvalue weighted by Crippen LogP contribution is -2.10. The third-order valence-electron chi connectivity index (χ3n) is 3.55. The lowest BCUT2D eigenvalue weighted by Gasteiger charge is -2.20. The highest BCUT2D eigenvalue weighted by Gasteiger charge is 2.11. The number of halogens is 1. The van der Waals surface area contributed by atoms with Gasteiger partial charge in [-0.3, -0.25) is 0 Å². The van der Waals surface area contributed by atoms with Crippen LogP contribution in [-0.2, 0) is 0 Å². The molecule has 0 aromatic heterocycles. The number of hydrogen-bond acceptors (Lipinski definition) is 2. The topological polar surface area (TPSA) is 21.3 Å². The largest absolute Gasteiger partial charge is 0.497 e. The second-order valence-electron chi connectivity index (χ2n) is 5.12. The maximum atomic E-state index is 5.98. The van der Waals surface area contributed by atoms with Gasteiger partial charge in [0.25, 0.3) is 0 Å². The lowest BCUT2D eigenvalue weighted by molar-refractivity contribution is 0.415. The van der Waals surface area contributed by atoms with Gasteiger partial charge in [0.05, 0.1) is 13.2 Å². The summed E-state index contributed by atoms with van der Waals surface area (Å²) < 4.78 is 5.19. The molecule has 1 unspecified atom stereocenters. The molecule has 112 valence electrons. The van der Waals surface area contributed by atoms with Gasteiger partial charge in [0.2, 0.25) is 0 Å². The van der Waals surface area contributed by atoms with Crippen molar-refractivity contribution in [2.75, 3.05) is 12.4 Å². The summed E-state index contributed by atoms with van der Waals surface area (Å²) in [4.78, 5) is 0. The van der Waals surface area contributed by atoms with E-state index in [0.717, 1.165) is 22.9 Å². The Hall–Kier alpha value is -1.67. The zero-order valence-electron chi connectivity index (χ0n) is 12.6. The highest BCUT2D eigenvalue weighted by Crippen LogP contribution is 2.26. The average molecular weight is 304 g/mol. The summed E-state index contributed by atoms with van der Waals surface area (Å²) in [6.45, 7) is 2.21. The van der Waals surface area contributed by atoms with E-state index in [2.05, 4.69) is 24.4 Å². The van der Waals surface area contributed by atoms with E-state index >= 15 is 0 Å². The van der Waals surface area contributed by atoms with E-state index in [1.54, 1.807) is 7.11 Å². The molecule has 0 bridgehead atoms. The fraction of sp³-hybridized carbons (Fsp3) is 0.333. The molecule has 2 aromatic carbocycles. The lowest BCUT2D eigenvalue weighted by atomic mass is 10.0. The molecule has 2 aromatic rings. The molecule has 0 amide bonds. The number of benzene rings is 2. The van der Waals surface area contributed by atoms with Crippen LogP contribution in [0.25, 0.3) is 0 Å². The van der Waals surface area contributed by atoms with Gasteiger partial charge in [-0.05, 0) is 48.4 Å².